The molecule has 0 unspecified atom stereocenters. The number of piperazine rings is 1. The van der Waals surface area contributed by atoms with Crippen LogP contribution in [0.3, 0.4) is 0 Å². The van der Waals surface area contributed by atoms with Crippen molar-refractivity contribution in [2.24, 2.45) is 0 Å². The van der Waals surface area contributed by atoms with E-state index in [9.17, 15) is 5.11 Å². The summed E-state index contributed by atoms with van der Waals surface area (Å²) >= 11 is 12.0. The van der Waals surface area contributed by atoms with Gasteiger partial charge in [-0.3, -0.25) is 9.47 Å². The smallest absolute Gasteiger partial charge is 0.199 e. The molecule has 2 heterocycles. The molecule has 0 saturated carbocycles. The van der Waals surface area contributed by atoms with Gasteiger partial charge in [-0.15, -0.1) is 0 Å². The molecule has 0 bridgehead atoms. The minimum Gasteiger partial charge on any atom is -0.506 e. The lowest BCUT2D eigenvalue weighted by Gasteiger charge is -2.36. The first-order valence-electron chi connectivity index (χ1n) is 11.8. The summed E-state index contributed by atoms with van der Waals surface area (Å²) in [7, 11) is 0. The van der Waals surface area contributed by atoms with E-state index in [0.717, 1.165) is 61.0 Å². The molecule has 4 rings (SSSR count). The number of hydrogen-bond donors (Lipinski definition) is 1. The second kappa shape index (κ2) is 11.2. The van der Waals surface area contributed by atoms with E-state index >= 15 is 0 Å². The average Bonchev–Trinajstić information content (AvgIpc) is 3.13. The monoisotopic (exact) mass is 485 g/mol. The Bertz CT molecular complexity index is 1100. The van der Waals surface area contributed by atoms with E-state index in [0.29, 0.717) is 17.4 Å². The molecule has 1 aliphatic heterocycles. The van der Waals surface area contributed by atoms with Gasteiger partial charge in [-0.25, -0.2) is 4.68 Å². The molecule has 6 nitrogen and oxygen atoms in total. The predicted molar refractivity (Wildman–Crippen MR) is 138 cm³/mol. The van der Waals surface area contributed by atoms with Gasteiger partial charge in [0.25, 0.3) is 0 Å². The van der Waals surface area contributed by atoms with Crippen molar-refractivity contribution in [1.29, 1.82) is 0 Å². The van der Waals surface area contributed by atoms with Crippen LogP contribution in [0, 0.1) is 4.77 Å². The minimum absolute atomic E-state index is 0.336. The van der Waals surface area contributed by atoms with E-state index < -0.39 is 0 Å². The maximum Gasteiger partial charge on any atom is 0.199 e. The zero-order valence-electron chi connectivity index (χ0n) is 19.2. The highest BCUT2D eigenvalue weighted by atomic mass is 35.5. The first-order valence-corrected chi connectivity index (χ1v) is 12.5. The first kappa shape index (κ1) is 23.8. The molecule has 33 heavy (non-hydrogen) atoms. The van der Waals surface area contributed by atoms with Crippen LogP contribution in [-0.2, 0) is 13.2 Å². The maximum absolute atomic E-state index is 10.2. The summed E-state index contributed by atoms with van der Waals surface area (Å²) in [4.78, 5) is 4.60. The van der Waals surface area contributed by atoms with Crippen LogP contribution < -0.4 is 4.90 Å². The van der Waals surface area contributed by atoms with Crippen molar-refractivity contribution in [3.63, 3.8) is 0 Å². The zero-order valence-corrected chi connectivity index (χ0v) is 20.7. The molecule has 1 saturated heterocycles. The van der Waals surface area contributed by atoms with Crippen molar-refractivity contribution in [3.05, 3.63) is 58.3 Å². The number of nitrogens with zero attached hydrogens (tertiary/aromatic N) is 5. The molecule has 1 N–H and O–H groups in total. The standard InChI is InChI=1S/C25H32ClN5OS/c1-2-3-4-7-14-30-24(20-10-12-21(26)13-11-20)27-31(25(30)33)19-28-15-17-29(18-16-28)22-8-5-6-9-23(22)32/h5-6,8-13,32H,2-4,7,14-19H2,1H3. The Hall–Kier alpha value is -2.35. The predicted octanol–water partition coefficient (Wildman–Crippen LogP) is 5.80. The number of aromatic hydroxyl groups is 1. The Morgan fingerprint density at radius 2 is 1.70 bits per heavy atom. The summed E-state index contributed by atoms with van der Waals surface area (Å²) in [6.07, 6.45) is 4.73. The molecule has 0 spiro atoms. The minimum atomic E-state index is 0.336. The fraction of sp³-hybridized carbons (Fsp3) is 0.440. The lowest BCUT2D eigenvalue weighted by molar-refractivity contribution is 0.194. The molecule has 1 aromatic heterocycles. The number of phenols is 1. The van der Waals surface area contributed by atoms with Crippen molar-refractivity contribution in [2.75, 3.05) is 31.1 Å². The van der Waals surface area contributed by atoms with Crippen LogP contribution in [0.15, 0.2) is 48.5 Å². The number of rotatable bonds is 9. The van der Waals surface area contributed by atoms with Gasteiger partial charge in [-0.1, -0.05) is 49.9 Å². The van der Waals surface area contributed by atoms with Gasteiger partial charge < -0.3 is 10.0 Å². The summed E-state index contributed by atoms with van der Waals surface area (Å²) in [5.74, 6) is 1.24. The molecule has 0 amide bonds. The van der Waals surface area contributed by atoms with Gasteiger partial charge in [0.05, 0.1) is 12.4 Å². The van der Waals surface area contributed by atoms with E-state index in [2.05, 4.69) is 21.3 Å². The number of phenolic OH excluding ortho intramolecular Hbond substituents is 1. The molecular formula is C25H32ClN5OS. The largest absolute Gasteiger partial charge is 0.506 e. The Balaban J connectivity index is 1.49. The molecule has 3 aromatic rings. The number of para-hydroxylation sites is 2. The van der Waals surface area contributed by atoms with Crippen LogP contribution in [0.2, 0.25) is 5.02 Å². The molecule has 0 radical (unpaired) electrons. The Kier molecular flexibility index (Phi) is 8.06. The molecule has 0 atom stereocenters. The summed E-state index contributed by atoms with van der Waals surface area (Å²) < 4.78 is 4.89. The molecule has 0 aliphatic carbocycles. The molecule has 176 valence electrons. The summed E-state index contributed by atoms with van der Waals surface area (Å²) in [5, 5.41) is 15.8. The van der Waals surface area contributed by atoms with Crippen molar-refractivity contribution < 1.29 is 5.11 Å². The number of aromatic nitrogens is 3. The third-order valence-corrected chi connectivity index (χ3v) is 6.87. The number of unbranched alkanes of at least 4 members (excludes halogenated alkanes) is 3. The third-order valence-electron chi connectivity index (χ3n) is 6.19. The van der Waals surface area contributed by atoms with Crippen molar-refractivity contribution in [3.8, 4) is 17.1 Å². The van der Waals surface area contributed by atoms with E-state index in [1.165, 1.54) is 19.3 Å². The van der Waals surface area contributed by atoms with Crippen molar-refractivity contribution in [1.82, 2.24) is 19.2 Å². The van der Waals surface area contributed by atoms with Gasteiger partial charge in [0.1, 0.15) is 5.75 Å². The quantitative estimate of drug-likeness (QED) is 0.306. The summed E-state index contributed by atoms with van der Waals surface area (Å²) in [6.45, 7) is 7.24. The second-order valence-corrected chi connectivity index (χ2v) is 9.36. The number of halogens is 1. The van der Waals surface area contributed by atoms with Crippen LogP contribution in [0.1, 0.15) is 32.6 Å². The molecule has 1 aliphatic rings. The summed E-state index contributed by atoms with van der Waals surface area (Å²) in [5.41, 5.74) is 1.93. The van der Waals surface area contributed by atoms with Gasteiger partial charge in [-0.05, 0) is 55.0 Å². The molecule has 2 aromatic carbocycles. The van der Waals surface area contributed by atoms with Gasteiger partial charge >= 0.3 is 0 Å². The fourth-order valence-corrected chi connectivity index (χ4v) is 4.70. The van der Waals surface area contributed by atoms with Crippen LogP contribution in [0.5, 0.6) is 5.75 Å². The highest BCUT2D eigenvalue weighted by Gasteiger charge is 2.21. The fourth-order valence-electron chi connectivity index (χ4n) is 4.30. The Morgan fingerprint density at radius 3 is 2.39 bits per heavy atom. The van der Waals surface area contributed by atoms with Crippen molar-refractivity contribution >= 4 is 29.5 Å². The molecule has 1 fully saturated rings. The van der Waals surface area contributed by atoms with E-state index in [-0.39, 0.29) is 0 Å². The number of benzene rings is 2. The van der Waals surface area contributed by atoms with Crippen LogP contribution >= 0.6 is 23.8 Å². The molecule has 8 heteroatoms. The maximum atomic E-state index is 10.2. The van der Waals surface area contributed by atoms with Crippen LogP contribution in [-0.4, -0.2) is 50.5 Å². The Morgan fingerprint density at radius 1 is 0.970 bits per heavy atom. The lowest BCUT2D eigenvalue weighted by atomic mass is 10.2. The van der Waals surface area contributed by atoms with E-state index in [4.69, 9.17) is 28.9 Å². The Labute approximate surface area is 206 Å². The normalized spacial score (nSPS) is 14.7. The van der Waals surface area contributed by atoms with Gasteiger partial charge in [-0.2, -0.15) is 5.10 Å². The van der Waals surface area contributed by atoms with Gasteiger partial charge in [0.15, 0.2) is 10.6 Å². The lowest BCUT2D eigenvalue weighted by Crippen LogP contribution is -2.47. The second-order valence-electron chi connectivity index (χ2n) is 8.56. The third kappa shape index (κ3) is 5.78. The highest BCUT2D eigenvalue weighted by Crippen LogP contribution is 2.27. The SMILES string of the molecule is CCCCCCn1c(-c2ccc(Cl)cc2)nn(CN2CCN(c3ccccc3O)CC2)c1=S. The number of hydrogen-bond acceptors (Lipinski definition) is 5. The van der Waals surface area contributed by atoms with Crippen LogP contribution in [0.25, 0.3) is 11.4 Å². The summed E-state index contributed by atoms with van der Waals surface area (Å²) in [6, 6.07) is 15.4. The molecular weight excluding hydrogens is 454 g/mol. The van der Waals surface area contributed by atoms with E-state index in [1.807, 2.05) is 47.1 Å². The van der Waals surface area contributed by atoms with Gasteiger partial charge in [0, 0.05) is 43.3 Å². The van der Waals surface area contributed by atoms with Crippen LogP contribution in [0.4, 0.5) is 5.69 Å². The van der Waals surface area contributed by atoms with E-state index in [1.54, 1.807) is 6.07 Å². The average molecular weight is 486 g/mol. The first-order chi connectivity index (χ1) is 16.1. The topological polar surface area (TPSA) is 49.5 Å². The van der Waals surface area contributed by atoms with Crippen molar-refractivity contribution in [2.45, 2.75) is 45.8 Å². The van der Waals surface area contributed by atoms with Gasteiger partial charge in [0.2, 0.25) is 0 Å². The zero-order chi connectivity index (χ0) is 23.2. The highest BCUT2D eigenvalue weighted by molar-refractivity contribution is 7.71. The number of anilines is 1.